The van der Waals surface area contributed by atoms with Crippen molar-refractivity contribution in [1.29, 1.82) is 0 Å². The van der Waals surface area contributed by atoms with Gasteiger partial charge in [-0.05, 0) is 68.6 Å². The van der Waals surface area contributed by atoms with Crippen molar-refractivity contribution in [3.63, 3.8) is 0 Å². The fraction of sp³-hybridized carbons (Fsp3) is 0.538. The van der Waals surface area contributed by atoms with Crippen molar-refractivity contribution in [2.24, 2.45) is 5.92 Å². The molecule has 0 radical (unpaired) electrons. The first-order chi connectivity index (χ1) is 15.7. The average Bonchev–Trinajstić information content (AvgIpc) is 3.02. The van der Waals surface area contributed by atoms with Gasteiger partial charge in [-0.25, -0.2) is 0 Å². The summed E-state index contributed by atoms with van der Waals surface area (Å²) < 4.78 is 6.04. The number of piperidine rings is 1. The largest absolute Gasteiger partial charge is 0.492 e. The Morgan fingerprint density at radius 3 is 2.62 bits per heavy atom. The van der Waals surface area contributed by atoms with E-state index in [0.29, 0.717) is 12.5 Å². The molecule has 32 heavy (non-hydrogen) atoms. The van der Waals surface area contributed by atoms with Gasteiger partial charge in [-0.15, -0.1) is 0 Å². The van der Waals surface area contributed by atoms with Crippen LogP contribution in [0.3, 0.4) is 0 Å². The first kappa shape index (κ1) is 22.7. The fourth-order valence-electron chi connectivity index (χ4n) is 4.93. The number of carbonyl (C=O) groups is 1. The van der Waals surface area contributed by atoms with E-state index in [1.165, 1.54) is 16.7 Å². The van der Waals surface area contributed by atoms with Crippen LogP contribution >= 0.6 is 0 Å². The third-order valence-corrected chi connectivity index (χ3v) is 6.68. The zero-order chi connectivity index (χ0) is 22.3. The van der Waals surface area contributed by atoms with E-state index < -0.39 is 0 Å². The van der Waals surface area contributed by atoms with Crippen LogP contribution in [-0.2, 0) is 24.4 Å². The first-order valence-corrected chi connectivity index (χ1v) is 12.0. The summed E-state index contributed by atoms with van der Waals surface area (Å²) in [5.74, 6) is 1.45. The van der Waals surface area contributed by atoms with E-state index in [9.17, 15) is 4.79 Å². The van der Waals surface area contributed by atoms with Crippen molar-refractivity contribution < 1.29 is 9.53 Å². The molecule has 0 aliphatic carbocycles. The number of fused-ring (bicyclic) bond motifs is 1. The van der Waals surface area contributed by atoms with E-state index in [1.54, 1.807) is 0 Å². The van der Waals surface area contributed by atoms with Gasteiger partial charge in [0.05, 0.1) is 5.92 Å². The minimum absolute atomic E-state index is 0.128. The highest BCUT2D eigenvalue weighted by atomic mass is 16.5. The molecule has 0 bridgehead atoms. The van der Waals surface area contributed by atoms with Crippen LogP contribution < -0.4 is 4.74 Å². The van der Waals surface area contributed by atoms with Crippen molar-refractivity contribution in [3.05, 3.63) is 59.4 Å². The van der Waals surface area contributed by atoms with Gasteiger partial charge in [0.25, 0.3) is 0 Å². The molecule has 1 aromatic heterocycles. The van der Waals surface area contributed by atoms with Crippen LogP contribution in [0.15, 0.2) is 42.7 Å². The zero-order valence-corrected chi connectivity index (χ0v) is 19.5. The van der Waals surface area contributed by atoms with E-state index in [1.807, 2.05) is 17.3 Å². The van der Waals surface area contributed by atoms with Crippen molar-refractivity contribution in [2.75, 3.05) is 39.3 Å². The van der Waals surface area contributed by atoms with E-state index >= 15 is 0 Å². The molecule has 6 nitrogen and oxygen atoms in total. The monoisotopic (exact) mass is 436 g/mol. The predicted octanol–water partition coefficient (Wildman–Crippen LogP) is 3.56. The minimum atomic E-state index is 0.128. The Labute approximate surface area is 192 Å². The van der Waals surface area contributed by atoms with Crippen LogP contribution in [-0.4, -0.2) is 64.9 Å². The highest BCUT2D eigenvalue weighted by Gasteiger charge is 2.28. The molecule has 0 saturated carbocycles. The molecule has 3 heterocycles. The van der Waals surface area contributed by atoms with E-state index in [0.717, 1.165) is 70.9 Å². The third-order valence-electron chi connectivity index (χ3n) is 6.68. The number of carbonyl (C=O) groups excluding carboxylic acids is 1. The first-order valence-electron chi connectivity index (χ1n) is 12.0. The Hall–Kier alpha value is -2.44. The number of amides is 1. The summed E-state index contributed by atoms with van der Waals surface area (Å²) in [6.45, 7) is 11.9. The number of nitrogens with zero attached hydrogens (tertiary/aromatic N) is 4. The topological polar surface area (TPSA) is 48.9 Å². The van der Waals surface area contributed by atoms with Crippen LogP contribution in [0.1, 0.15) is 43.4 Å². The number of likely N-dealkylation sites (tertiary alicyclic amines) is 1. The summed E-state index contributed by atoms with van der Waals surface area (Å²) in [5.41, 5.74) is 3.83. The summed E-state index contributed by atoms with van der Waals surface area (Å²) in [7, 11) is 0. The van der Waals surface area contributed by atoms with Crippen LogP contribution in [0.2, 0.25) is 0 Å². The molecule has 2 aromatic rings. The highest BCUT2D eigenvalue weighted by Crippen LogP contribution is 2.27. The lowest BCUT2D eigenvalue weighted by atomic mass is 9.95. The molecule has 1 aromatic carbocycles. The van der Waals surface area contributed by atoms with Crippen LogP contribution in [0.4, 0.5) is 0 Å². The molecule has 0 N–H and O–H groups in total. The van der Waals surface area contributed by atoms with Gasteiger partial charge >= 0.3 is 0 Å². The Morgan fingerprint density at radius 2 is 1.84 bits per heavy atom. The van der Waals surface area contributed by atoms with Gasteiger partial charge in [0, 0.05) is 63.8 Å². The summed E-state index contributed by atoms with van der Waals surface area (Å²) >= 11 is 0. The Kier molecular flexibility index (Phi) is 7.76. The second-order valence-corrected chi connectivity index (χ2v) is 8.94. The van der Waals surface area contributed by atoms with E-state index in [4.69, 9.17) is 4.74 Å². The fourth-order valence-corrected chi connectivity index (χ4v) is 4.93. The molecule has 2 aliphatic rings. The van der Waals surface area contributed by atoms with Gasteiger partial charge in [-0.1, -0.05) is 6.07 Å². The van der Waals surface area contributed by atoms with Gasteiger partial charge in [-0.2, -0.15) is 0 Å². The Balaban J connectivity index is 1.40. The normalized spacial score (nSPS) is 19.6. The number of hydrogen-bond donors (Lipinski definition) is 0. The molecule has 172 valence electrons. The van der Waals surface area contributed by atoms with Crippen LogP contribution in [0.25, 0.3) is 0 Å². The second kappa shape index (κ2) is 10.9. The zero-order valence-electron chi connectivity index (χ0n) is 19.5. The summed E-state index contributed by atoms with van der Waals surface area (Å²) in [5, 5.41) is 0. The van der Waals surface area contributed by atoms with Crippen molar-refractivity contribution >= 4 is 5.91 Å². The molecule has 1 saturated heterocycles. The van der Waals surface area contributed by atoms with Crippen molar-refractivity contribution in [2.45, 2.75) is 46.3 Å². The third kappa shape index (κ3) is 5.67. The van der Waals surface area contributed by atoms with Gasteiger partial charge in [0.2, 0.25) is 5.91 Å². The molecular weight excluding hydrogens is 400 g/mol. The maximum atomic E-state index is 12.8. The molecule has 0 spiro atoms. The smallest absolute Gasteiger partial charge is 0.226 e. The number of ether oxygens (including phenoxy) is 1. The molecular formula is C26H36N4O2. The SMILES string of the molecule is CCN(CC)C(=O)C1CCCN(Cc2ccc3c(c2)CN(Cc2ccncc2)CCO3)C1. The molecule has 6 heteroatoms. The van der Waals surface area contributed by atoms with Crippen LogP contribution in [0, 0.1) is 5.92 Å². The lowest BCUT2D eigenvalue weighted by Gasteiger charge is -2.34. The summed E-state index contributed by atoms with van der Waals surface area (Å²) in [4.78, 5) is 23.8. The van der Waals surface area contributed by atoms with Crippen molar-refractivity contribution in [1.82, 2.24) is 19.7 Å². The summed E-state index contributed by atoms with van der Waals surface area (Å²) in [6, 6.07) is 10.8. The lowest BCUT2D eigenvalue weighted by molar-refractivity contribution is -0.137. The minimum Gasteiger partial charge on any atom is -0.492 e. The maximum Gasteiger partial charge on any atom is 0.226 e. The van der Waals surface area contributed by atoms with Gasteiger partial charge in [-0.3, -0.25) is 19.6 Å². The number of rotatable bonds is 7. The standard InChI is InChI=1S/C26H36N4O2/c1-3-30(4-2)26(31)23-6-5-13-28(19-23)18-22-7-8-25-24(16-22)20-29(14-15-32-25)17-21-9-11-27-12-10-21/h7-12,16,23H,3-6,13-15,17-20H2,1-2H3. The Bertz CT molecular complexity index is 885. The number of benzene rings is 1. The van der Waals surface area contributed by atoms with E-state index in [2.05, 4.69) is 59.0 Å². The predicted molar refractivity (Wildman–Crippen MR) is 126 cm³/mol. The molecule has 2 aliphatic heterocycles. The quantitative estimate of drug-likeness (QED) is 0.664. The lowest BCUT2D eigenvalue weighted by Crippen LogP contribution is -2.44. The maximum absolute atomic E-state index is 12.8. The molecule has 1 atom stereocenters. The number of hydrogen-bond acceptors (Lipinski definition) is 5. The second-order valence-electron chi connectivity index (χ2n) is 8.94. The van der Waals surface area contributed by atoms with Crippen molar-refractivity contribution in [3.8, 4) is 5.75 Å². The van der Waals surface area contributed by atoms with Crippen LogP contribution in [0.5, 0.6) is 5.75 Å². The van der Waals surface area contributed by atoms with Gasteiger partial charge in [0.15, 0.2) is 0 Å². The summed E-state index contributed by atoms with van der Waals surface area (Å²) in [6.07, 6.45) is 5.80. The number of aromatic nitrogens is 1. The molecule has 4 rings (SSSR count). The molecule has 1 amide bonds. The Morgan fingerprint density at radius 1 is 1.06 bits per heavy atom. The average molecular weight is 437 g/mol. The molecule has 1 unspecified atom stereocenters. The van der Waals surface area contributed by atoms with Gasteiger partial charge < -0.3 is 9.64 Å². The van der Waals surface area contributed by atoms with Gasteiger partial charge in [0.1, 0.15) is 12.4 Å². The van der Waals surface area contributed by atoms with E-state index in [-0.39, 0.29) is 5.92 Å². The number of pyridine rings is 1. The highest BCUT2D eigenvalue weighted by molar-refractivity contribution is 5.79. The molecule has 1 fully saturated rings.